The SMILES string of the molecule is Cl.N[C@H](c1c(Cl)ccc(Cl)c1F)C1CCCCC1. The zero-order valence-electron chi connectivity index (χ0n) is 9.96. The van der Waals surface area contributed by atoms with Gasteiger partial charge in [-0.3, -0.25) is 0 Å². The molecule has 1 fully saturated rings. The van der Waals surface area contributed by atoms with Crippen LogP contribution >= 0.6 is 35.6 Å². The Morgan fingerprint density at radius 2 is 1.67 bits per heavy atom. The highest BCUT2D eigenvalue weighted by Crippen LogP contribution is 2.38. The average molecular weight is 313 g/mol. The third-order valence-corrected chi connectivity index (χ3v) is 4.19. The standard InChI is InChI=1S/C13H16Cl2FN.ClH/c14-9-6-7-10(15)12(16)11(9)13(17)8-4-2-1-3-5-8;/h6-8,13H,1-5,17H2;1H/t13-;/m0./s1. The van der Waals surface area contributed by atoms with Crippen LogP contribution in [0, 0.1) is 11.7 Å². The van der Waals surface area contributed by atoms with Crippen molar-refractivity contribution in [2.45, 2.75) is 38.1 Å². The molecule has 0 aromatic heterocycles. The van der Waals surface area contributed by atoms with Gasteiger partial charge in [0.05, 0.1) is 5.02 Å². The predicted molar refractivity (Wildman–Crippen MR) is 77.2 cm³/mol. The van der Waals surface area contributed by atoms with Crippen LogP contribution in [0.4, 0.5) is 4.39 Å². The van der Waals surface area contributed by atoms with Crippen molar-refractivity contribution in [1.29, 1.82) is 0 Å². The third-order valence-electron chi connectivity index (χ3n) is 3.57. The molecule has 102 valence electrons. The lowest BCUT2D eigenvalue weighted by Crippen LogP contribution is -2.25. The third kappa shape index (κ3) is 3.30. The molecule has 0 saturated heterocycles. The fraction of sp³-hybridized carbons (Fsp3) is 0.538. The molecule has 1 saturated carbocycles. The second kappa shape index (κ2) is 6.95. The van der Waals surface area contributed by atoms with Crippen LogP contribution in [0.3, 0.4) is 0 Å². The van der Waals surface area contributed by atoms with Crippen molar-refractivity contribution in [3.8, 4) is 0 Å². The van der Waals surface area contributed by atoms with E-state index in [-0.39, 0.29) is 23.5 Å². The Hall–Kier alpha value is -0.0200. The molecule has 0 radical (unpaired) electrons. The molecule has 1 aliphatic rings. The predicted octanol–water partition coefficient (Wildman–Crippen LogP) is 5.13. The summed E-state index contributed by atoms with van der Waals surface area (Å²) in [6.07, 6.45) is 5.66. The minimum atomic E-state index is -0.461. The molecule has 18 heavy (non-hydrogen) atoms. The van der Waals surface area contributed by atoms with Gasteiger partial charge in [0.2, 0.25) is 0 Å². The fourth-order valence-corrected chi connectivity index (χ4v) is 3.01. The van der Waals surface area contributed by atoms with Gasteiger partial charge in [-0.1, -0.05) is 42.5 Å². The molecule has 1 aliphatic carbocycles. The van der Waals surface area contributed by atoms with E-state index in [0.717, 1.165) is 25.7 Å². The summed E-state index contributed by atoms with van der Waals surface area (Å²) in [6, 6.07) is 2.74. The zero-order valence-corrected chi connectivity index (χ0v) is 12.3. The summed E-state index contributed by atoms with van der Waals surface area (Å²) in [5, 5.41) is 0.473. The normalized spacial score (nSPS) is 18.2. The van der Waals surface area contributed by atoms with E-state index in [1.54, 1.807) is 6.07 Å². The van der Waals surface area contributed by atoms with Crippen LogP contribution in [0.15, 0.2) is 12.1 Å². The van der Waals surface area contributed by atoms with Gasteiger partial charge in [-0.05, 0) is 30.9 Å². The molecule has 1 aromatic rings. The van der Waals surface area contributed by atoms with Gasteiger partial charge in [0, 0.05) is 16.6 Å². The number of halogens is 4. The number of nitrogens with two attached hydrogens (primary N) is 1. The highest BCUT2D eigenvalue weighted by Gasteiger charge is 2.26. The lowest BCUT2D eigenvalue weighted by molar-refractivity contribution is 0.303. The molecule has 2 N–H and O–H groups in total. The molecule has 0 amide bonds. The van der Waals surface area contributed by atoms with Gasteiger partial charge in [0.25, 0.3) is 0 Å². The second-order valence-electron chi connectivity index (χ2n) is 4.68. The number of benzene rings is 1. The second-order valence-corrected chi connectivity index (χ2v) is 5.50. The van der Waals surface area contributed by atoms with Crippen molar-refractivity contribution in [2.75, 3.05) is 0 Å². The molecule has 0 bridgehead atoms. The number of hydrogen-bond donors (Lipinski definition) is 1. The van der Waals surface area contributed by atoms with Crippen LogP contribution in [0.5, 0.6) is 0 Å². The van der Waals surface area contributed by atoms with Crippen molar-refractivity contribution in [3.05, 3.63) is 33.6 Å². The maximum Gasteiger partial charge on any atom is 0.148 e. The van der Waals surface area contributed by atoms with Crippen LogP contribution in [0.1, 0.15) is 43.7 Å². The summed E-state index contributed by atoms with van der Waals surface area (Å²) >= 11 is 11.8. The molecule has 0 aliphatic heterocycles. The van der Waals surface area contributed by atoms with Crippen molar-refractivity contribution >= 4 is 35.6 Å². The van der Waals surface area contributed by atoms with Crippen LogP contribution in [-0.2, 0) is 0 Å². The highest BCUT2D eigenvalue weighted by molar-refractivity contribution is 6.33. The van der Waals surface area contributed by atoms with E-state index < -0.39 is 5.82 Å². The number of rotatable bonds is 2. The Kier molecular flexibility index (Phi) is 6.19. The summed E-state index contributed by atoms with van der Waals surface area (Å²) in [6.45, 7) is 0. The first-order chi connectivity index (χ1) is 8.11. The van der Waals surface area contributed by atoms with E-state index in [9.17, 15) is 4.39 Å². The maximum absolute atomic E-state index is 14.0. The van der Waals surface area contributed by atoms with Crippen molar-refractivity contribution < 1.29 is 4.39 Å². The van der Waals surface area contributed by atoms with Gasteiger partial charge in [0.15, 0.2) is 0 Å². The summed E-state index contributed by atoms with van der Waals surface area (Å²) in [5.74, 6) is -0.147. The number of hydrogen-bond acceptors (Lipinski definition) is 1. The van der Waals surface area contributed by atoms with Crippen LogP contribution in [-0.4, -0.2) is 0 Å². The largest absolute Gasteiger partial charge is 0.324 e. The first-order valence-electron chi connectivity index (χ1n) is 6.00. The molecule has 0 heterocycles. The van der Waals surface area contributed by atoms with Crippen LogP contribution in [0.25, 0.3) is 0 Å². The molecule has 0 spiro atoms. The van der Waals surface area contributed by atoms with E-state index in [2.05, 4.69) is 0 Å². The topological polar surface area (TPSA) is 26.0 Å². The first-order valence-corrected chi connectivity index (χ1v) is 6.76. The Balaban J connectivity index is 0.00000162. The minimum Gasteiger partial charge on any atom is -0.324 e. The first kappa shape index (κ1) is 16.0. The summed E-state index contributed by atoms with van der Waals surface area (Å²) in [7, 11) is 0. The summed E-state index contributed by atoms with van der Waals surface area (Å²) < 4.78 is 14.0. The van der Waals surface area contributed by atoms with Crippen LogP contribution < -0.4 is 5.73 Å². The molecule has 5 heteroatoms. The van der Waals surface area contributed by atoms with Gasteiger partial charge in [-0.25, -0.2) is 4.39 Å². The monoisotopic (exact) mass is 311 g/mol. The molecule has 2 rings (SSSR count). The summed E-state index contributed by atoms with van der Waals surface area (Å²) in [4.78, 5) is 0. The van der Waals surface area contributed by atoms with Crippen molar-refractivity contribution in [2.24, 2.45) is 11.7 Å². The smallest absolute Gasteiger partial charge is 0.148 e. The van der Waals surface area contributed by atoms with Crippen molar-refractivity contribution in [3.63, 3.8) is 0 Å². The molecule has 0 unspecified atom stereocenters. The Labute approximate surface area is 123 Å². The minimum absolute atomic E-state index is 0. The van der Waals surface area contributed by atoms with E-state index in [1.807, 2.05) is 0 Å². The Morgan fingerprint density at radius 1 is 1.11 bits per heavy atom. The maximum atomic E-state index is 14.0. The quantitative estimate of drug-likeness (QED) is 0.752. The van der Waals surface area contributed by atoms with Crippen molar-refractivity contribution in [1.82, 2.24) is 0 Å². The fourth-order valence-electron chi connectivity index (χ4n) is 2.58. The molecule has 1 atom stereocenters. The van der Waals surface area contributed by atoms with E-state index in [1.165, 1.54) is 12.5 Å². The molecule has 1 nitrogen and oxygen atoms in total. The lowest BCUT2D eigenvalue weighted by Gasteiger charge is -2.28. The summed E-state index contributed by atoms with van der Waals surface area (Å²) in [5.41, 5.74) is 6.54. The molecular formula is C13H17Cl3FN. The van der Waals surface area contributed by atoms with Gasteiger partial charge >= 0.3 is 0 Å². The van der Waals surface area contributed by atoms with E-state index in [4.69, 9.17) is 28.9 Å². The van der Waals surface area contributed by atoms with E-state index >= 15 is 0 Å². The van der Waals surface area contributed by atoms with Gasteiger partial charge in [-0.2, -0.15) is 0 Å². The highest BCUT2D eigenvalue weighted by atomic mass is 35.5. The van der Waals surface area contributed by atoms with Gasteiger partial charge in [0.1, 0.15) is 5.82 Å². The molecular weight excluding hydrogens is 296 g/mol. The Morgan fingerprint density at radius 3 is 2.28 bits per heavy atom. The molecule has 1 aromatic carbocycles. The average Bonchev–Trinajstić information content (AvgIpc) is 2.35. The lowest BCUT2D eigenvalue weighted by atomic mass is 9.81. The van der Waals surface area contributed by atoms with Crippen LogP contribution in [0.2, 0.25) is 10.0 Å². The van der Waals surface area contributed by atoms with E-state index in [0.29, 0.717) is 16.5 Å². The Bertz CT molecular complexity index is 405. The van der Waals surface area contributed by atoms with Gasteiger partial charge in [-0.15, -0.1) is 12.4 Å². The zero-order chi connectivity index (χ0) is 12.4. The van der Waals surface area contributed by atoms with Gasteiger partial charge < -0.3 is 5.73 Å².